The minimum absolute atomic E-state index is 0.0867. The van der Waals surface area contributed by atoms with Gasteiger partial charge in [-0.1, -0.05) is 12.1 Å². The molecule has 2 aromatic carbocycles. The number of ether oxygens (including phenoxy) is 1. The van der Waals surface area contributed by atoms with Crippen LogP contribution in [0.2, 0.25) is 0 Å². The van der Waals surface area contributed by atoms with Crippen molar-refractivity contribution in [3.8, 4) is 6.07 Å². The molecule has 0 bridgehead atoms. The van der Waals surface area contributed by atoms with E-state index in [4.69, 9.17) is 10.00 Å². The lowest BCUT2D eigenvalue weighted by molar-refractivity contribution is -0.122. The summed E-state index contributed by atoms with van der Waals surface area (Å²) >= 11 is 0. The highest BCUT2D eigenvalue weighted by molar-refractivity contribution is 6.04. The molecule has 1 unspecified atom stereocenters. The molecule has 2 fully saturated rings. The third-order valence-electron chi connectivity index (χ3n) is 5.32. The highest BCUT2D eigenvalue weighted by Gasteiger charge is 2.35. The summed E-state index contributed by atoms with van der Waals surface area (Å²) in [5.41, 5.74) is 2.97. The Labute approximate surface area is 169 Å². The minimum atomic E-state index is -0.420. The maximum Gasteiger partial charge on any atom is 0.229 e. The number of para-hydroxylation sites is 2. The van der Waals surface area contributed by atoms with Crippen LogP contribution in [0, 0.1) is 17.2 Å². The van der Waals surface area contributed by atoms with Gasteiger partial charge in [-0.25, -0.2) is 0 Å². The Bertz CT molecular complexity index is 945. The molecule has 0 aromatic heterocycles. The van der Waals surface area contributed by atoms with Crippen LogP contribution in [0.3, 0.4) is 0 Å². The summed E-state index contributed by atoms with van der Waals surface area (Å²) in [6.45, 7) is 3.22. The first-order valence-corrected chi connectivity index (χ1v) is 9.69. The van der Waals surface area contributed by atoms with Gasteiger partial charge in [0.2, 0.25) is 11.8 Å². The molecular weight excluding hydrogens is 368 g/mol. The average molecular weight is 390 g/mol. The molecule has 2 heterocycles. The first kappa shape index (κ1) is 19.0. The van der Waals surface area contributed by atoms with Crippen molar-refractivity contribution in [2.45, 2.75) is 6.42 Å². The molecule has 148 valence electrons. The van der Waals surface area contributed by atoms with Gasteiger partial charge in [-0.3, -0.25) is 9.59 Å². The van der Waals surface area contributed by atoms with Gasteiger partial charge < -0.3 is 19.9 Å². The van der Waals surface area contributed by atoms with E-state index in [-0.39, 0.29) is 18.2 Å². The molecule has 1 atom stereocenters. The van der Waals surface area contributed by atoms with Gasteiger partial charge in [0.25, 0.3) is 0 Å². The molecule has 7 heteroatoms. The summed E-state index contributed by atoms with van der Waals surface area (Å²) in [4.78, 5) is 29.2. The van der Waals surface area contributed by atoms with Gasteiger partial charge in [0.05, 0.1) is 42.1 Å². The number of carbonyl (C=O) groups is 2. The lowest BCUT2D eigenvalue weighted by atomic mass is 10.1. The fourth-order valence-corrected chi connectivity index (χ4v) is 3.74. The second-order valence-electron chi connectivity index (χ2n) is 7.17. The molecule has 2 amide bonds. The molecule has 1 N–H and O–H groups in total. The zero-order valence-electron chi connectivity index (χ0n) is 16.0. The molecule has 0 aliphatic carbocycles. The van der Waals surface area contributed by atoms with Crippen molar-refractivity contribution in [3.63, 3.8) is 0 Å². The summed E-state index contributed by atoms with van der Waals surface area (Å²) in [5, 5.41) is 11.9. The van der Waals surface area contributed by atoms with Crippen molar-refractivity contribution in [1.29, 1.82) is 5.26 Å². The first-order valence-electron chi connectivity index (χ1n) is 9.69. The number of nitriles is 1. The van der Waals surface area contributed by atoms with Gasteiger partial charge in [0.1, 0.15) is 0 Å². The quantitative estimate of drug-likeness (QED) is 0.866. The lowest BCUT2D eigenvalue weighted by Gasteiger charge is -2.30. The predicted molar refractivity (Wildman–Crippen MR) is 110 cm³/mol. The van der Waals surface area contributed by atoms with Crippen molar-refractivity contribution >= 4 is 28.9 Å². The zero-order valence-corrected chi connectivity index (χ0v) is 16.0. The number of nitrogens with zero attached hydrogens (tertiary/aromatic N) is 3. The van der Waals surface area contributed by atoms with E-state index in [1.165, 1.54) is 0 Å². The smallest absolute Gasteiger partial charge is 0.229 e. The van der Waals surface area contributed by atoms with Gasteiger partial charge in [-0.15, -0.1) is 0 Å². The van der Waals surface area contributed by atoms with Crippen molar-refractivity contribution in [2.75, 3.05) is 48.0 Å². The van der Waals surface area contributed by atoms with E-state index in [9.17, 15) is 9.59 Å². The number of hydrogen-bond acceptors (Lipinski definition) is 5. The van der Waals surface area contributed by atoms with Crippen LogP contribution in [0.15, 0.2) is 48.5 Å². The lowest BCUT2D eigenvalue weighted by Crippen LogP contribution is -2.37. The highest BCUT2D eigenvalue weighted by Crippen LogP contribution is 2.29. The van der Waals surface area contributed by atoms with E-state index in [0.29, 0.717) is 31.0 Å². The molecule has 0 radical (unpaired) electrons. The summed E-state index contributed by atoms with van der Waals surface area (Å²) in [6.07, 6.45) is 0.172. The summed E-state index contributed by atoms with van der Waals surface area (Å²) in [5.74, 6) is -0.664. The number of morpholine rings is 1. The molecule has 2 aliphatic heterocycles. The SMILES string of the molecule is N#Cc1ccc(N2CC(C(=O)Nc3ccccc3N3CCOCC3)CC2=O)cc1. The highest BCUT2D eigenvalue weighted by atomic mass is 16.5. The van der Waals surface area contributed by atoms with Crippen LogP contribution in [-0.4, -0.2) is 44.7 Å². The molecular formula is C22H22N4O3. The van der Waals surface area contributed by atoms with Crippen molar-refractivity contribution < 1.29 is 14.3 Å². The third kappa shape index (κ3) is 4.08. The summed E-state index contributed by atoms with van der Waals surface area (Å²) < 4.78 is 5.41. The molecule has 2 saturated heterocycles. The second-order valence-corrected chi connectivity index (χ2v) is 7.17. The Morgan fingerprint density at radius 2 is 1.83 bits per heavy atom. The monoisotopic (exact) mass is 390 g/mol. The first-order chi connectivity index (χ1) is 14.2. The maximum atomic E-state index is 12.9. The fourth-order valence-electron chi connectivity index (χ4n) is 3.74. The molecule has 7 nitrogen and oxygen atoms in total. The molecule has 4 rings (SSSR count). The number of nitrogens with one attached hydrogen (secondary N) is 1. The van der Waals surface area contributed by atoms with Crippen molar-refractivity contribution in [2.24, 2.45) is 5.92 Å². The number of anilines is 3. The number of amides is 2. The Hall–Kier alpha value is -3.37. The topological polar surface area (TPSA) is 85.7 Å². The Morgan fingerprint density at radius 1 is 1.10 bits per heavy atom. The normalized spacial score (nSPS) is 19.1. The fraction of sp³-hybridized carbons (Fsp3) is 0.318. The average Bonchev–Trinajstić information content (AvgIpc) is 3.16. The molecule has 0 saturated carbocycles. The zero-order chi connectivity index (χ0) is 20.2. The van der Waals surface area contributed by atoms with Crippen molar-refractivity contribution in [3.05, 3.63) is 54.1 Å². The number of hydrogen-bond donors (Lipinski definition) is 1. The summed E-state index contributed by atoms with van der Waals surface area (Å²) in [6, 6.07) is 16.6. The van der Waals surface area contributed by atoms with E-state index >= 15 is 0 Å². The van der Waals surface area contributed by atoms with Gasteiger partial charge in [0, 0.05) is 31.7 Å². The van der Waals surface area contributed by atoms with E-state index in [0.717, 1.165) is 24.5 Å². The number of carbonyl (C=O) groups excluding carboxylic acids is 2. The van der Waals surface area contributed by atoms with Gasteiger partial charge in [-0.2, -0.15) is 5.26 Å². The van der Waals surface area contributed by atoms with E-state index in [1.807, 2.05) is 24.3 Å². The molecule has 2 aliphatic rings. The van der Waals surface area contributed by atoms with E-state index in [1.54, 1.807) is 29.2 Å². The Morgan fingerprint density at radius 3 is 2.55 bits per heavy atom. The van der Waals surface area contributed by atoms with Crippen molar-refractivity contribution in [1.82, 2.24) is 0 Å². The van der Waals surface area contributed by atoms with Crippen LogP contribution >= 0.6 is 0 Å². The molecule has 0 spiro atoms. The Balaban J connectivity index is 1.46. The van der Waals surface area contributed by atoms with Crippen LogP contribution < -0.4 is 15.1 Å². The van der Waals surface area contributed by atoms with Gasteiger partial charge >= 0.3 is 0 Å². The third-order valence-corrected chi connectivity index (χ3v) is 5.32. The van der Waals surface area contributed by atoms with E-state index in [2.05, 4.69) is 16.3 Å². The van der Waals surface area contributed by atoms with Crippen LogP contribution in [0.25, 0.3) is 0 Å². The van der Waals surface area contributed by atoms with Gasteiger partial charge in [-0.05, 0) is 36.4 Å². The predicted octanol–water partition coefficient (Wildman–Crippen LogP) is 2.39. The largest absolute Gasteiger partial charge is 0.378 e. The molecule has 2 aromatic rings. The van der Waals surface area contributed by atoms with E-state index < -0.39 is 5.92 Å². The number of benzene rings is 2. The van der Waals surface area contributed by atoms with Gasteiger partial charge in [0.15, 0.2) is 0 Å². The molecule has 29 heavy (non-hydrogen) atoms. The van der Waals surface area contributed by atoms with Crippen LogP contribution in [0.1, 0.15) is 12.0 Å². The summed E-state index contributed by atoms with van der Waals surface area (Å²) in [7, 11) is 0. The number of rotatable bonds is 4. The standard InChI is InChI=1S/C22H22N4O3/c23-14-16-5-7-18(8-6-16)26-15-17(13-21(26)27)22(28)24-19-3-1-2-4-20(19)25-9-11-29-12-10-25/h1-8,17H,9-13,15H2,(H,24,28). The Kier molecular flexibility index (Phi) is 5.45. The van der Waals surface area contributed by atoms with Crippen LogP contribution in [0.5, 0.6) is 0 Å². The maximum absolute atomic E-state index is 12.9. The van der Waals surface area contributed by atoms with Crippen LogP contribution in [0.4, 0.5) is 17.1 Å². The minimum Gasteiger partial charge on any atom is -0.378 e. The second kappa shape index (κ2) is 8.33. The van der Waals surface area contributed by atoms with Crippen LogP contribution in [-0.2, 0) is 14.3 Å².